The summed E-state index contributed by atoms with van der Waals surface area (Å²) in [7, 11) is 0. The molecular weight excluding hydrogens is 178 g/mol. The van der Waals surface area contributed by atoms with Crippen LogP contribution in [0.1, 0.15) is 19.4 Å². The Kier molecular flexibility index (Phi) is 3.98. The van der Waals surface area contributed by atoms with E-state index in [1.807, 2.05) is 24.3 Å². The Bertz CT molecular complexity index is 291. The van der Waals surface area contributed by atoms with Gasteiger partial charge in [0.2, 0.25) is 0 Å². The molecule has 3 heteroatoms. The molecule has 0 heterocycles. The van der Waals surface area contributed by atoms with Crippen LogP contribution in [-0.4, -0.2) is 18.0 Å². The zero-order valence-corrected chi connectivity index (χ0v) is 8.47. The largest absolute Gasteiger partial charge is 0.493 e. The van der Waals surface area contributed by atoms with Gasteiger partial charge in [-0.2, -0.15) is 0 Å². The third kappa shape index (κ3) is 3.47. The number of hydrogen-bond acceptors (Lipinski definition) is 3. The summed E-state index contributed by atoms with van der Waals surface area (Å²) in [6.45, 7) is 4.92. The number of rotatable bonds is 4. The van der Waals surface area contributed by atoms with Gasteiger partial charge in [-0.3, -0.25) is 0 Å². The first kappa shape index (κ1) is 10.6. The summed E-state index contributed by atoms with van der Waals surface area (Å²) >= 11 is 0. The summed E-state index contributed by atoms with van der Waals surface area (Å²) in [5.74, 6) is 1.36. The van der Waals surface area contributed by atoms with Crippen LogP contribution in [0.15, 0.2) is 29.4 Å². The Hall–Kier alpha value is -1.51. The Morgan fingerprint density at radius 3 is 2.50 bits per heavy atom. The van der Waals surface area contributed by atoms with Gasteiger partial charge in [0.1, 0.15) is 5.75 Å². The molecule has 1 N–H and O–H groups in total. The minimum Gasteiger partial charge on any atom is -0.493 e. The SMILES string of the molecule is CC(C)COc1ccc(/C=N/O)cc1. The van der Waals surface area contributed by atoms with Gasteiger partial charge in [0.25, 0.3) is 0 Å². The topological polar surface area (TPSA) is 41.8 Å². The van der Waals surface area contributed by atoms with Gasteiger partial charge < -0.3 is 9.94 Å². The van der Waals surface area contributed by atoms with E-state index in [-0.39, 0.29) is 0 Å². The maximum Gasteiger partial charge on any atom is 0.119 e. The molecule has 0 aliphatic heterocycles. The van der Waals surface area contributed by atoms with Crippen LogP contribution in [0.25, 0.3) is 0 Å². The van der Waals surface area contributed by atoms with Crippen molar-refractivity contribution >= 4 is 6.21 Å². The fraction of sp³-hybridized carbons (Fsp3) is 0.364. The van der Waals surface area contributed by atoms with E-state index in [2.05, 4.69) is 19.0 Å². The molecule has 0 spiro atoms. The molecule has 0 aliphatic rings. The van der Waals surface area contributed by atoms with Gasteiger partial charge in [-0.05, 0) is 35.7 Å². The Morgan fingerprint density at radius 1 is 1.36 bits per heavy atom. The normalized spacial score (nSPS) is 11.1. The number of benzene rings is 1. The molecule has 0 bridgehead atoms. The van der Waals surface area contributed by atoms with Gasteiger partial charge >= 0.3 is 0 Å². The minimum absolute atomic E-state index is 0.522. The number of hydrogen-bond donors (Lipinski definition) is 1. The van der Waals surface area contributed by atoms with Crippen LogP contribution in [0.4, 0.5) is 0 Å². The van der Waals surface area contributed by atoms with Gasteiger partial charge in [0, 0.05) is 0 Å². The lowest BCUT2D eigenvalue weighted by atomic mass is 10.2. The van der Waals surface area contributed by atoms with Crippen LogP contribution >= 0.6 is 0 Å². The molecule has 3 nitrogen and oxygen atoms in total. The van der Waals surface area contributed by atoms with Crippen LogP contribution in [0.5, 0.6) is 5.75 Å². The van der Waals surface area contributed by atoms with Crippen LogP contribution in [0.3, 0.4) is 0 Å². The van der Waals surface area contributed by atoms with Crippen molar-refractivity contribution in [3.8, 4) is 5.75 Å². The predicted octanol–water partition coefficient (Wildman–Crippen LogP) is 2.53. The van der Waals surface area contributed by atoms with E-state index in [4.69, 9.17) is 9.94 Å². The fourth-order valence-electron chi connectivity index (χ4n) is 0.980. The Morgan fingerprint density at radius 2 is 2.00 bits per heavy atom. The van der Waals surface area contributed by atoms with E-state index in [1.54, 1.807) is 0 Å². The summed E-state index contributed by atoms with van der Waals surface area (Å²) in [5, 5.41) is 11.2. The highest BCUT2D eigenvalue weighted by Gasteiger charge is 1.96. The maximum absolute atomic E-state index is 8.30. The lowest BCUT2D eigenvalue weighted by molar-refractivity contribution is 0.271. The molecule has 0 atom stereocenters. The highest BCUT2D eigenvalue weighted by molar-refractivity contribution is 5.79. The third-order valence-electron chi connectivity index (χ3n) is 1.67. The number of nitrogens with zero attached hydrogens (tertiary/aromatic N) is 1. The number of ether oxygens (including phenoxy) is 1. The molecule has 1 rings (SSSR count). The molecule has 1 aromatic carbocycles. The van der Waals surface area contributed by atoms with Gasteiger partial charge in [0.15, 0.2) is 0 Å². The zero-order valence-electron chi connectivity index (χ0n) is 8.47. The van der Waals surface area contributed by atoms with E-state index >= 15 is 0 Å². The highest BCUT2D eigenvalue weighted by Crippen LogP contribution is 2.12. The van der Waals surface area contributed by atoms with Gasteiger partial charge in [-0.15, -0.1) is 0 Å². The highest BCUT2D eigenvalue weighted by atomic mass is 16.5. The summed E-state index contributed by atoms with van der Waals surface area (Å²) in [6, 6.07) is 7.41. The van der Waals surface area contributed by atoms with Crippen LogP contribution < -0.4 is 4.74 Å². The van der Waals surface area contributed by atoms with Crippen molar-refractivity contribution in [3.05, 3.63) is 29.8 Å². The molecule has 0 unspecified atom stereocenters. The van der Waals surface area contributed by atoms with E-state index in [1.165, 1.54) is 6.21 Å². The lowest BCUT2D eigenvalue weighted by Gasteiger charge is -2.08. The monoisotopic (exact) mass is 193 g/mol. The summed E-state index contributed by atoms with van der Waals surface area (Å²) in [5.41, 5.74) is 0.851. The second-order valence-corrected chi connectivity index (χ2v) is 3.52. The minimum atomic E-state index is 0.522. The quantitative estimate of drug-likeness (QED) is 0.453. The molecule has 0 aliphatic carbocycles. The number of oxime groups is 1. The van der Waals surface area contributed by atoms with Crippen molar-refractivity contribution in [2.45, 2.75) is 13.8 Å². The van der Waals surface area contributed by atoms with Crippen molar-refractivity contribution in [2.24, 2.45) is 11.1 Å². The predicted molar refractivity (Wildman–Crippen MR) is 56.2 cm³/mol. The lowest BCUT2D eigenvalue weighted by Crippen LogP contribution is -2.04. The summed E-state index contributed by atoms with van der Waals surface area (Å²) in [4.78, 5) is 0. The van der Waals surface area contributed by atoms with E-state index in [9.17, 15) is 0 Å². The summed E-state index contributed by atoms with van der Waals surface area (Å²) < 4.78 is 5.49. The molecule has 0 amide bonds. The first-order valence-electron chi connectivity index (χ1n) is 4.62. The second kappa shape index (κ2) is 5.27. The third-order valence-corrected chi connectivity index (χ3v) is 1.67. The first-order chi connectivity index (χ1) is 6.72. The smallest absolute Gasteiger partial charge is 0.119 e. The molecule has 0 radical (unpaired) electrons. The van der Waals surface area contributed by atoms with Crippen molar-refractivity contribution in [1.82, 2.24) is 0 Å². The van der Waals surface area contributed by atoms with Crippen molar-refractivity contribution in [1.29, 1.82) is 0 Å². The summed E-state index contributed by atoms with van der Waals surface area (Å²) in [6.07, 6.45) is 1.38. The maximum atomic E-state index is 8.30. The van der Waals surface area contributed by atoms with Crippen molar-refractivity contribution in [3.63, 3.8) is 0 Å². The molecule has 14 heavy (non-hydrogen) atoms. The molecule has 0 saturated heterocycles. The molecular formula is C11H15NO2. The van der Waals surface area contributed by atoms with E-state index in [0.717, 1.165) is 11.3 Å². The molecule has 76 valence electrons. The standard InChI is InChI=1S/C11H15NO2/c1-9(2)8-14-11-5-3-10(4-6-11)7-12-13/h3-7,9,13H,8H2,1-2H3/b12-7+. The fourth-order valence-corrected chi connectivity index (χ4v) is 0.980. The molecule has 0 aromatic heterocycles. The second-order valence-electron chi connectivity index (χ2n) is 3.52. The van der Waals surface area contributed by atoms with Crippen LogP contribution in [0.2, 0.25) is 0 Å². The first-order valence-corrected chi connectivity index (χ1v) is 4.62. The average molecular weight is 193 g/mol. The van der Waals surface area contributed by atoms with Gasteiger partial charge in [0.05, 0.1) is 12.8 Å². The van der Waals surface area contributed by atoms with Crippen molar-refractivity contribution in [2.75, 3.05) is 6.61 Å². The molecule has 0 fully saturated rings. The average Bonchev–Trinajstić information content (AvgIpc) is 2.17. The molecule has 1 aromatic rings. The molecule has 0 saturated carbocycles. The Labute approximate surface area is 84.0 Å². The van der Waals surface area contributed by atoms with Crippen molar-refractivity contribution < 1.29 is 9.94 Å². The Balaban J connectivity index is 2.55. The van der Waals surface area contributed by atoms with E-state index in [0.29, 0.717) is 12.5 Å². The van der Waals surface area contributed by atoms with Gasteiger partial charge in [-0.25, -0.2) is 0 Å². The van der Waals surface area contributed by atoms with Crippen LogP contribution in [-0.2, 0) is 0 Å². The zero-order chi connectivity index (χ0) is 10.4. The van der Waals surface area contributed by atoms with Crippen LogP contribution in [0, 0.1) is 5.92 Å². The van der Waals surface area contributed by atoms with E-state index < -0.39 is 0 Å². The van der Waals surface area contributed by atoms with Gasteiger partial charge in [-0.1, -0.05) is 19.0 Å².